The molecule has 0 saturated carbocycles. The Morgan fingerprint density at radius 3 is 1.83 bits per heavy atom. The zero-order valence-corrected chi connectivity index (χ0v) is 33.0. The topological polar surface area (TPSA) is 51.8 Å². The summed E-state index contributed by atoms with van der Waals surface area (Å²) in [5.41, 5.74) is 13.7. The van der Waals surface area contributed by atoms with Gasteiger partial charge < -0.3 is 4.42 Å². The Morgan fingerprint density at radius 2 is 1.00 bits per heavy atom. The fourth-order valence-electron chi connectivity index (χ4n) is 8.66. The second-order valence-corrected chi connectivity index (χ2v) is 16.1. The first-order valence-corrected chi connectivity index (χ1v) is 20.9. The molecule has 4 heterocycles. The van der Waals surface area contributed by atoms with Gasteiger partial charge in [0.15, 0.2) is 11.4 Å². The molecule has 0 N–H and O–H groups in total. The summed E-state index contributed by atoms with van der Waals surface area (Å²) in [4.78, 5) is 15.7. The third-order valence-corrected chi connectivity index (χ3v) is 12.7. The van der Waals surface area contributed by atoms with E-state index in [1.165, 1.54) is 25.7 Å². The number of furan rings is 1. The molecule has 0 aliphatic rings. The van der Waals surface area contributed by atoms with Gasteiger partial charge in [0.05, 0.1) is 16.9 Å². The second-order valence-electron chi connectivity index (χ2n) is 15.1. The van der Waals surface area contributed by atoms with Crippen molar-refractivity contribution in [2.24, 2.45) is 0 Å². The largest absolute Gasteiger partial charge is 0.454 e. The minimum Gasteiger partial charge on any atom is -0.454 e. The molecule has 0 aliphatic heterocycles. The molecule has 5 heteroatoms. The first-order valence-electron chi connectivity index (χ1n) is 20.1. The van der Waals surface area contributed by atoms with E-state index in [0.717, 1.165) is 88.9 Å². The molecule has 12 rings (SSSR count). The highest BCUT2D eigenvalue weighted by Crippen LogP contribution is 2.44. The molecular weight excluding hydrogens is 751 g/mol. The summed E-state index contributed by atoms with van der Waals surface area (Å²) in [5, 5.41) is 5.80. The lowest BCUT2D eigenvalue weighted by molar-refractivity contribution is 0.669. The lowest BCUT2D eigenvalue weighted by atomic mass is 9.95. The number of aromatic nitrogens is 3. The van der Waals surface area contributed by atoms with Gasteiger partial charge in [0, 0.05) is 58.6 Å². The average Bonchev–Trinajstić information content (AvgIpc) is 3.91. The van der Waals surface area contributed by atoms with Crippen molar-refractivity contribution in [2.45, 2.75) is 0 Å². The fraction of sp³-hybridized carbons (Fsp3) is 0. The van der Waals surface area contributed by atoms with E-state index in [1.807, 2.05) is 47.7 Å². The Morgan fingerprint density at radius 1 is 0.383 bits per heavy atom. The lowest BCUT2D eigenvalue weighted by Crippen LogP contribution is -1.96. The highest BCUT2D eigenvalue weighted by atomic mass is 32.1. The fourth-order valence-corrected chi connectivity index (χ4v) is 9.90. The number of pyridine rings is 1. The van der Waals surface area contributed by atoms with E-state index < -0.39 is 0 Å². The van der Waals surface area contributed by atoms with Crippen molar-refractivity contribution in [3.05, 3.63) is 200 Å². The minimum atomic E-state index is 0.672. The van der Waals surface area contributed by atoms with Gasteiger partial charge in [-0.2, -0.15) is 0 Å². The maximum absolute atomic E-state index is 6.59. The van der Waals surface area contributed by atoms with Crippen LogP contribution in [0.25, 0.3) is 120 Å². The van der Waals surface area contributed by atoms with Crippen LogP contribution in [0.2, 0.25) is 0 Å². The van der Waals surface area contributed by atoms with Crippen LogP contribution in [0.4, 0.5) is 0 Å². The van der Waals surface area contributed by atoms with Gasteiger partial charge in [0.1, 0.15) is 11.3 Å². The maximum Gasteiger partial charge on any atom is 0.162 e. The smallest absolute Gasteiger partial charge is 0.162 e. The molecule has 0 saturated heterocycles. The Labute approximate surface area is 349 Å². The number of hydrogen-bond acceptors (Lipinski definition) is 5. The van der Waals surface area contributed by atoms with Crippen LogP contribution in [0, 0.1) is 0 Å². The summed E-state index contributed by atoms with van der Waals surface area (Å²) >= 11 is 1.85. The van der Waals surface area contributed by atoms with Crippen LogP contribution < -0.4 is 0 Å². The number of benzene rings is 8. The van der Waals surface area contributed by atoms with E-state index in [0.29, 0.717) is 5.82 Å². The monoisotopic (exact) mass is 783 g/mol. The van der Waals surface area contributed by atoms with Crippen molar-refractivity contribution in [1.82, 2.24) is 15.0 Å². The molecule has 8 aromatic carbocycles. The molecule has 60 heavy (non-hydrogen) atoms. The zero-order valence-electron chi connectivity index (χ0n) is 32.2. The van der Waals surface area contributed by atoms with Crippen molar-refractivity contribution in [3.8, 4) is 67.4 Å². The molecule has 0 aliphatic carbocycles. The number of fused-ring (bicyclic) bond motifs is 8. The highest BCUT2D eigenvalue weighted by Gasteiger charge is 2.21. The molecule has 0 amide bonds. The van der Waals surface area contributed by atoms with E-state index in [-0.39, 0.29) is 0 Å². The summed E-state index contributed by atoms with van der Waals surface area (Å²) in [6.07, 6.45) is 0. The predicted molar refractivity (Wildman–Crippen MR) is 250 cm³/mol. The van der Waals surface area contributed by atoms with Crippen molar-refractivity contribution in [3.63, 3.8) is 0 Å². The predicted octanol–water partition coefficient (Wildman–Crippen LogP) is 15.3. The van der Waals surface area contributed by atoms with Crippen LogP contribution in [-0.4, -0.2) is 15.0 Å². The number of para-hydroxylation sites is 1. The Bertz CT molecular complexity index is 3590. The van der Waals surface area contributed by atoms with Crippen LogP contribution >= 0.6 is 11.3 Å². The average molecular weight is 784 g/mol. The van der Waals surface area contributed by atoms with E-state index in [1.54, 1.807) is 0 Å². The lowest BCUT2D eigenvalue weighted by Gasteiger charge is -2.13. The molecule has 0 fully saturated rings. The van der Waals surface area contributed by atoms with Gasteiger partial charge in [-0.1, -0.05) is 170 Å². The summed E-state index contributed by atoms with van der Waals surface area (Å²) in [7, 11) is 0. The van der Waals surface area contributed by atoms with Crippen LogP contribution in [0.15, 0.2) is 205 Å². The summed E-state index contributed by atoms with van der Waals surface area (Å²) in [6, 6.07) is 70.1. The van der Waals surface area contributed by atoms with Crippen LogP contribution in [0.1, 0.15) is 0 Å². The molecule has 0 spiro atoms. The molecule has 280 valence electrons. The quantitative estimate of drug-likeness (QED) is 0.169. The van der Waals surface area contributed by atoms with Gasteiger partial charge in [0.25, 0.3) is 0 Å². The summed E-state index contributed by atoms with van der Waals surface area (Å²) in [6.45, 7) is 0. The number of nitrogens with zero attached hydrogens (tertiary/aromatic N) is 3. The minimum absolute atomic E-state index is 0.672. The molecule has 0 radical (unpaired) electrons. The van der Waals surface area contributed by atoms with E-state index in [2.05, 4.69) is 164 Å². The second kappa shape index (κ2) is 14.0. The van der Waals surface area contributed by atoms with Gasteiger partial charge in [-0.05, 0) is 52.6 Å². The molecular formula is C55H33N3OS. The molecule has 4 nitrogen and oxygen atoms in total. The summed E-state index contributed by atoms with van der Waals surface area (Å²) < 4.78 is 9.19. The van der Waals surface area contributed by atoms with Crippen LogP contribution in [0.3, 0.4) is 0 Å². The first kappa shape index (κ1) is 34.3. The van der Waals surface area contributed by atoms with Gasteiger partial charge in [-0.15, -0.1) is 11.3 Å². The van der Waals surface area contributed by atoms with Crippen LogP contribution in [-0.2, 0) is 0 Å². The molecule has 0 unspecified atom stereocenters. The van der Waals surface area contributed by atoms with Crippen molar-refractivity contribution in [1.29, 1.82) is 0 Å². The van der Waals surface area contributed by atoms with Crippen molar-refractivity contribution in [2.75, 3.05) is 0 Å². The highest BCUT2D eigenvalue weighted by molar-refractivity contribution is 7.26. The number of rotatable bonds is 6. The van der Waals surface area contributed by atoms with Crippen molar-refractivity contribution < 1.29 is 4.42 Å². The maximum atomic E-state index is 6.59. The molecule has 4 aromatic heterocycles. The number of thiophene rings is 1. The normalized spacial score (nSPS) is 11.7. The molecule has 0 atom stereocenters. The van der Waals surface area contributed by atoms with E-state index in [9.17, 15) is 0 Å². The zero-order chi connectivity index (χ0) is 39.6. The van der Waals surface area contributed by atoms with Gasteiger partial charge >= 0.3 is 0 Å². The third kappa shape index (κ3) is 5.70. The Balaban J connectivity index is 0.983. The Kier molecular flexibility index (Phi) is 8.00. The molecule has 12 aromatic rings. The van der Waals surface area contributed by atoms with E-state index >= 15 is 0 Å². The van der Waals surface area contributed by atoms with Crippen LogP contribution in [0.5, 0.6) is 0 Å². The van der Waals surface area contributed by atoms with Gasteiger partial charge in [-0.3, -0.25) is 0 Å². The van der Waals surface area contributed by atoms with Gasteiger partial charge in [-0.25, -0.2) is 15.0 Å². The number of hydrogen-bond donors (Lipinski definition) is 0. The van der Waals surface area contributed by atoms with Crippen molar-refractivity contribution >= 4 is 64.4 Å². The van der Waals surface area contributed by atoms with E-state index in [4.69, 9.17) is 19.4 Å². The Hall–Kier alpha value is -7.73. The summed E-state index contributed by atoms with van der Waals surface area (Å²) in [5.74, 6) is 0.672. The third-order valence-electron chi connectivity index (χ3n) is 11.5. The SMILES string of the molecule is c1ccc(-c2cc(-c3cccc(-c4cccc5c4sc4ccccc45)c3)nc(-c3ccc(-c4cccc5nc(-c6ccccc6)c6oc7ccccc7c6c45)cc3)n2)cc1. The first-order chi connectivity index (χ1) is 29.7. The van der Waals surface area contributed by atoms with Gasteiger partial charge in [0.2, 0.25) is 0 Å². The standard InChI is InChI=1S/C55H33N3OS/c1-3-14-35(15-4-1)46-33-47(39-19-11-18-38(32-39)41-23-12-24-43-42-20-8-10-27-49(42)60-54(41)43)58-55(57-46)37-30-28-34(29-31-37)40-22-13-25-45-50(40)51-44-21-7-9-26-48(44)59-53(51)52(56-45)36-16-5-2-6-17-36/h1-33H. The molecule has 0 bridgehead atoms.